The molecule has 12 heteroatoms. The number of Topliss-reactive ketones (excluding diaryl/α,β-unsaturated/α-hetero) is 1. The number of ketones is 1. The summed E-state index contributed by atoms with van der Waals surface area (Å²) in [6.45, 7) is 1.77. The summed E-state index contributed by atoms with van der Waals surface area (Å²) in [5, 5.41) is 5.77. The Bertz CT molecular complexity index is 1490. The van der Waals surface area contributed by atoms with Crippen molar-refractivity contribution in [2.24, 2.45) is 0 Å². The zero-order chi connectivity index (χ0) is 26.9. The van der Waals surface area contributed by atoms with Gasteiger partial charge >= 0.3 is 6.18 Å². The lowest BCUT2D eigenvalue weighted by Crippen LogP contribution is -2.51. The van der Waals surface area contributed by atoms with Gasteiger partial charge in [-0.2, -0.15) is 18.3 Å². The number of benzene rings is 2. The SMILES string of the molecule is O=C(Cc1ccc2nn(CC(=O)N3CCN(C(=O)c4ccccc4)CC3)cc2c1)c1nc(C(F)(F)F)cs1. The lowest BCUT2D eigenvalue weighted by atomic mass is 10.1. The number of alkyl halides is 3. The molecule has 1 saturated heterocycles. The molecule has 5 rings (SSSR count). The van der Waals surface area contributed by atoms with Crippen LogP contribution in [-0.2, 0) is 23.9 Å². The van der Waals surface area contributed by atoms with Gasteiger partial charge in [0.25, 0.3) is 5.91 Å². The first kappa shape index (κ1) is 25.6. The molecule has 0 bridgehead atoms. The van der Waals surface area contributed by atoms with Crippen LogP contribution in [0.4, 0.5) is 13.2 Å². The summed E-state index contributed by atoms with van der Waals surface area (Å²) in [4.78, 5) is 44.8. The van der Waals surface area contributed by atoms with Crippen molar-refractivity contribution in [1.82, 2.24) is 24.6 Å². The summed E-state index contributed by atoms with van der Waals surface area (Å²) in [6.07, 6.45) is -2.99. The number of hydrogen-bond acceptors (Lipinski definition) is 6. The Kier molecular flexibility index (Phi) is 6.98. The number of rotatable bonds is 6. The molecule has 0 aliphatic carbocycles. The second-order valence-corrected chi connectivity index (χ2v) is 9.75. The Morgan fingerprint density at radius 1 is 0.947 bits per heavy atom. The minimum atomic E-state index is -4.59. The molecule has 0 radical (unpaired) electrons. The third-order valence-electron chi connectivity index (χ3n) is 6.25. The number of hydrogen-bond donors (Lipinski definition) is 0. The van der Waals surface area contributed by atoms with Gasteiger partial charge < -0.3 is 9.80 Å². The Morgan fingerprint density at radius 2 is 1.66 bits per heavy atom. The van der Waals surface area contributed by atoms with E-state index in [2.05, 4.69) is 10.1 Å². The van der Waals surface area contributed by atoms with Crippen LogP contribution >= 0.6 is 11.3 Å². The first-order valence-electron chi connectivity index (χ1n) is 11.8. The second-order valence-electron chi connectivity index (χ2n) is 8.89. The minimum Gasteiger partial charge on any atom is -0.338 e. The van der Waals surface area contributed by atoms with E-state index in [9.17, 15) is 27.6 Å². The third kappa shape index (κ3) is 5.59. The largest absolute Gasteiger partial charge is 0.434 e. The lowest BCUT2D eigenvalue weighted by molar-refractivity contribution is -0.140. The molecule has 38 heavy (non-hydrogen) atoms. The van der Waals surface area contributed by atoms with Gasteiger partial charge in [0, 0.05) is 55.1 Å². The molecule has 8 nitrogen and oxygen atoms in total. The number of amides is 2. The highest BCUT2D eigenvalue weighted by Gasteiger charge is 2.34. The molecule has 1 aliphatic rings. The number of piperazine rings is 1. The van der Waals surface area contributed by atoms with Crippen LogP contribution in [0, 0.1) is 0 Å². The highest BCUT2D eigenvalue weighted by Crippen LogP contribution is 2.30. The molecule has 0 unspecified atom stereocenters. The van der Waals surface area contributed by atoms with E-state index in [1.165, 1.54) is 4.68 Å². The van der Waals surface area contributed by atoms with Crippen molar-refractivity contribution < 1.29 is 27.6 Å². The molecule has 0 saturated carbocycles. The fourth-order valence-corrected chi connectivity index (χ4v) is 5.04. The fourth-order valence-electron chi connectivity index (χ4n) is 4.27. The van der Waals surface area contributed by atoms with Crippen LogP contribution in [0.25, 0.3) is 10.9 Å². The van der Waals surface area contributed by atoms with Gasteiger partial charge in [-0.25, -0.2) is 4.98 Å². The number of nitrogens with zero attached hydrogens (tertiary/aromatic N) is 5. The molecule has 0 spiro atoms. The minimum absolute atomic E-state index is 0.0227. The molecule has 3 heterocycles. The number of carbonyl (C=O) groups is 3. The summed E-state index contributed by atoms with van der Waals surface area (Å²) in [6, 6.07) is 14.1. The maximum Gasteiger partial charge on any atom is 0.434 e. The Balaban J connectivity index is 1.18. The number of carbonyl (C=O) groups excluding carboxylic acids is 3. The molecular formula is C26H22F3N5O3S. The third-order valence-corrected chi connectivity index (χ3v) is 7.13. The van der Waals surface area contributed by atoms with Crippen molar-refractivity contribution in [3.63, 3.8) is 0 Å². The van der Waals surface area contributed by atoms with Crippen molar-refractivity contribution in [3.05, 3.63) is 81.9 Å². The summed E-state index contributed by atoms with van der Waals surface area (Å²) in [5.74, 6) is -0.678. The highest BCUT2D eigenvalue weighted by molar-refractivity contribution is 7.11. The number of aromatic nitrogens is 3. The van der Waals surface area contributed by atoms with Gasteiger partial charge in [-0.3, -0.25) is 19.1 Å². The number of thiazole rings is 1. The predicted octanol–water partition coefficient (Wildman–Crippen LogP) is 3.92. The van der Waals surface area contributed by atoms with E-state index >= 15 is 0 Å². The van der Waals surface area contributed by atoms with Crippen molar-refractivity contribution >= 4 is 39.8 Å². The summed E-state index contributed by atoms with van der Waals surface area (Å²) < 4.78 is 39.8. The van der Waals surface area contributed by atoms with Crippen molar-refractivity contribution in [1.29, 1.82) is 0 Å². The smallest absolute Gasteiger partial charge is 0.338 e. The van der Waals surface area contributed by atoms with Crippen LogP contribution in [0.5, 0.6) is 0 Å². The van der Waals surface area contributed by atoms with Crippen LogP contribution in [-0.4, -0.2) is 68.3 Å². The zero-order valence-electron chi connectivity index (χ0n) is 20.0. The average Bonchev–Trinajstić information content (AvgIpc) is 3.56. The quantitative estimate of drug-likeness (QED) is 0.346. The maximum atomic E-state index is 12.9. The van der Waals surface area contributed by atoms with E-state index in [1.54, 1.807) is 46.3 Å². The van der Waals surface area contributed by atoms with Crippen LogP contribution in [0.1, 0.15) is 31.4 Å². The molecule has 2 aromatic heterocycles. The lowest BCUT2D eigenvalue weighted by Gasteiger charge is -2.34. The molecule has 2 aromatic carbocycles. The van der Waals surface area contributed by atoms with E-state index in [0.29, 0.717) is 59.5 Å². The number of halogens is 3. The van der Waals surface area contributed by atoms with Gasteiger partial charge in [-0.05, 0) is 29.8 Å². The molecular weight excluding hydrogens is 519 g/mol. The summed E-state index contributed by atoms with van der Waals surface area (Å²) >= 11 is 0.671. The highest BCUT2D eigenvalue weighted by atomic mass is 32.1. The van der Waals surface area contributed by atoms with Crippen LogP contribution in [0.15, 0.2) is 60.1 Å². The van der Waals surface area contributed by atoms with Crippen molar-refractivity contribution in [2.45, 2.75) is 19.1 Å². The fraction of sp³-hybridized carbons (Fsp3) is 0.269. The molecule has 1 fully saturated rings. The average molecular weight is 542 g/mol. The van der Waals surface area contributed by atoms with Gasteiger partial charge in [0.05, 0.1) is 5.52 Å². The molecule has 0 N–H and O–H groups in total. The standard InChI is InChI=1S/C26H22F3N5O3S/c27-26(28,29)22-16-38-24(30-22)21(35)13-17-6-7-20-19(12-17)14-34(31-20)15-23(36)32-8-10-33(11-9-32)25(37)18-4-2-1-3-5-18/h1-7,12,14,16H,8-11,13,15H2. The monoisotopic (exact) mass is 541 g/mol. The molecule has 4 aromatic rings. The number of fused-ring (bicyclic) bond motifs is 1. The Hall–Kier alpha value is -4.06. The van der Waals surface area contributed by atoms with E-state index < -0.39 is 17.7 Å². The van der Waals surface area contributed by atoms with Crippen LogP contribution in [0.3, 0.4) is 0 Å². The van der Waals surface area contributed by atoms with Crippen molar-refractivity contribution in [2.75, 3.05) is 26.2 Å². The molecule has 2 amide bonds. The Morgan fingerprint density at radius 3 is 2.34 bits per heavy atom. The second kappa shape index (κ2) is 10.4. The molecule has 196 valence electrons. The van der Waals surface area contributed by atoms with Gasteiger partial charge in [0.15, 0.2) is 16.5 Å². The van der Waals surface area contributed by atoms with E-state index in [0.717, 1.165) is 5.38 Å². The van der Waals surface area contributed by atoms with Crippen molar-refractivity contribution in [3.8, 4) is 0 Å². The van der Waals surface area contributed by atoms with Gasteiger partial charge in [0.1, 0.15) is 6.54 Å². The van der Waals surface area contributed by atoms with Gasteiger partial charge in [-0.15, -0.1) is 11.3 Å². The first-order chi connectivity index (χ1) is 18.2. The van der Waals surface area contributed by atoms with Crippen LogP contribution < -0.4 is 0 Å². The van der Waals surface area contributed by atoms with Gasteiger partial charge in [-0.1, -0.05) is 24.3 Å². The van der Waals surface area contributed by atoms with E-state index in [4.69, 9.17) is 0 Å². The molecule has 0 atom stereocenters. The predicted molar refractivity (Wildman–Crippen MR) is 134 cm³/mol. The maximum absolute atomic E-state index is 12.9. The van der Waals surface area contributed by atoms with Gasteiger partial charge in [0.2, 0.25) is 5.91 Å². The summed E-state index contributed by atoms with van der Waals surface area (Å²) in [5.41, 5.74) is 0.781. The normalized spacial score (nSPS) is 14.2. The molecule has 1 aliphatic heterocycles. The van der Waals surface area contributed by atoms with E-state index in [-0.39, 0.29) is 29.8 Å². The first-order valence-corrected chi connectivity index (χ1v) is 12.7. The topological polar surface area (TPSA) is 88.4 Å². The Labute approximate surface area is 219 Å². The zero-order valence-corrected chi connectivity index (χ0v) is 20.8. The summed E-state index contributed by atoms with van der Waals surface area (Å²) in [7, 11) is 0. The van der Waals surface area contributed by atoms with E-state index in [1.807, 2.05) is 18.2 Å². The van der Waals surface area contributed by atoms with Crippen LogP contribution in [0.2, 0.25) is 0 Å².